The first kappa shape index (κ1) is 27.9. The van der Waals surface area contributed by atoms with E-state index in [0.717, 1.165) is 16.8 Å². The molecule has 0 spiro atoms. The van der Waals surface area contributed by atoms with Crippen molar-refractivity contribution in [2.24, 2.45) is 0 Å². The minimum Gasteiger partial charge on any atom is -0.488 e. The fourth-order valence-electron chi connectivity index (χ4n) is 3.34. The molecule has 12 nitrogen and oxygen atoms in total. The topological polar surface area (TPSA) is 158 Å². The minimum atomic E-state index is -2.92. The summed E-state index contributed by atoms with van der Waals surface area (Å²) in [5.41, 5.74) is -3.81. The molecule has 1 saturated heterocycles. The molecule has 5 atom stereocenters. The number of alkyl halides is 2. The maximum atomic E-state index is 14.6. The lowest BCUT2D eigenvalue weighted by molar-refractivity contribution is -0.148. The Labute approximate surface area is 210 Å². The largest absolute Gasteiger partial charge is 0.488 e. The molecule has 1 fully saturated rings. The number of H-pyrrole nitrogens is 1. The summed E-state index contributed by atoms with van der Waals surface area (Å²) in [6, 6.07) is 5.91. The number of nitrogens with zero attached hydrogens (tertiary/aromatic N) is 1. The SMILES string of the molecule is CC(C)OC(=O)[C@H](C)N[PH](=O)Oc1cccc(OCC2(n3ccc(=O)[nH]c3=O)OCC(F)(Cl)C2O)c1. The number of nitrogens with one attached hydrogen (secondary N) is 2. The minimum absolute atomic E-state index is 0.105. The monoisotopic (exact) mass is 549 g/mol. The van der Waals surface area contributed by atoms with Gasteiger partial charge in [-0.3, -0.25) is 23.7 Å². The van der Waals surface area contributed by atoms with Gasteiger partial charge >= 0.3 is 19.8 Å². The van der Waals surface area contributed by atoms with Crippen LogP contribution in [0, 0.1) is 0 Å². The van der Waals surface area contributed by atoms with Crippen molar-refractivity contribution >= 4 is 25.7 Å². The Morgan fingerprint density at radius 1 is 1.36 bits per heavy atom. The fraction of sp³-hybridized carbons (Fsp3) is 0.476. The van der Waals surface area contributed by atoms with Crippen LogP contribution in [-0.2, 0) is 24.6 Å². The van der Waals surface area contributed by atoms with Crippen molar-refractivity contribution in [2.75, 3.05) is 13.2 Å². The zero-order valence-electron chi connectivity index (χ0n) is 19.5. The first-order valence-corrected chi connectivity index (χ1v) is 12.5. The van der Waals surface area contributed by atoms with Crippen molar-refractivity contribution in [3.63, 3.8) is 0 Å². The van der Waals surface area contributed by atoms with Crippen LogP contribution < -0.4 is 25.6 Å². The highest BCUT2D eigenvalue weighted by molar-refractivity contribution is 7.37. The predicted octanol–water partition coefficient (Wildman–Crippen LogP) is 1.26. The third-order valence-corrected chi connectivity index (χ3v) is 6.48. The van der Waals surface area contributed by atoms with Crippen LogP contribution in [0.15, 0.2) is 46.1 Å². The number of aliphatic hydroxyl groups excluding tert-OH is 1. The summed E-state index contributed by atoms with van der Waals surface area (Å²) >= 11 is 5.72. The number of aliphatic hydroxyl groups is 1. The predicted molar refractivity (Wildman–Crippen MR) is 126 cm³/mol. The maximum Gasteiger partial charge on any atom is 0.330 e. The normalized spacial score (nSPS) is 25.4. The van der Waals surface area contributed by atoms with Gasteiger partial charge in [0, 0.05) is 18.3 Å². The molecule has 1 aromatic heterocycles. The Kier molecular flexibility index (Phi) is 8.63. The second kappa shape index (κ2) is 11.1. The molecule has 198 valence electrons. The number of hydrogen-bond acceptors (Lipinski definition) is 9. The van der Waals surface area contributed by atoms with E-state index in [1.165, 1.54) is 31.2 Å². The van der Waals surface area contributed by atoms with Crippen LogP contribution in [0.1, 0.15) is 20.8 Å². The average molecular weight is 550 g/mol. The number of carbonyl (C=O) groups excluding carboxylic acids is 1. The highest BCUT2D eigenvalue weighted by atomic mass is 35.5. The van der Waals surface area contributed by atoms with Crippen molar-refractivity contribution in [3.05, 3.63) is 57.4 Å². The van der Waals surface area contributed by atoms with E-state index in [0.29, 0.717) is 0 Å². The van der Waals surface area contributed by atoms with Crippen molar-refractivity contribution in [2.45, 2.75) is 49.9 Å². The number of halogens is 2. The first-order chi connectivity index (χ1) is 16.8. The molecule has 2 aromatic rings. The van der Waals surface area contributed by atoms with E-state index >= 15 is 0 Å². The van der Waals surface area contributed by atoms with E-state index < -0.39 is 61.6 Å². The Morgan fingerprint density at radius 2 is 2.06 bits per heavy atom. The molecule has 1 aromatic carbocycles. The molecule has 4 unspecified atom stereocenters. The van der Waals surface area contributed by atoms with Gasteiger partial charge in [-0.2, -0.15) is 0 Å². The van der Waals surface area contributed by atoms with Gasteiger partial charge in [0.15, 0.2) is 6.10 Å². The third kappa shape index (κ3) is 6.34. The second-order valence-electron chi connectivity index (χ2n) is 8.28. The van der Waals surface area contributed by atoms with E-state index in [4.69, 9.17) is 30.3 Å². The zero-order valence-corrected chi connectivity index (χ0v) is 21.3. The number of aromatic nitrogens is 2. The van der Waals surface area contributed by atoms with Gasteiger partial charge in [0.25, 0.3) is 5.56 Å². The van der Waals surface area contributed by atoms with Gasteiger partial charge in [0.2, 0.25) is 10.9 Å². The third-order valence-electron chi connectivity index (χ3n) is 5.08. The molecule has 3 rings (SSSR count). The fourth-order valence-corrected chi connectivity index (χ4v) is 4.43. The van der Waals surface area contributed by atoms with Crippen LogP contribution in [0.25, 0.3) is 0 Å². The molecule has 0 radical (unpaired) electrons. The number of ether oxygens (including phenoxy) is 3. The zero-order chi connectivity index (χ0) is 26.7. The van der Waals surface area contributed by atoms with Gasteiger partial charge in [0.1, 0.15) is 30.8 Å². The Balaban J connectivity index is 1.74. The van der Waals surface area contributed by atoms with Crippen molar-refractivity contribution in [3.8, 4) is 11.5 Å². The molecule has 0 saturated carbocycles. The van der Waals surface area contributed by atoms with Crippen LogP contribution in [0.3, 0.4) is 0 Å². The molecule has 36 heavy (non-hydrogen) atoms. The number of benzene rings is 1. The Bertz CT molecular complexity index is 1240. The van der Waals surface area contributed by atoms with Gasteiger partial charge in [-0.15, -0.1) is 0 Å². The van der Waals surface area contributed by atoms with Gasteiger partial charge in [0.05, 0.1) is 6.10 Å². The molecule has 0 amide bonds. The van der Waals surface area contributed by atoms with Crippen LogP contribution >= 0.6 is 19.8 Å². The number of hydrogen-bond donors (Lipinski definition) is 3. The molecule has 1 aliphatic rings. The van der Waals surface area contributed by atoms with Crippen LogP contribution in [0.2, 0.25) is 0 Å². The number of esters is 1. The summed E-state index contributed by atoms with van der Waals surface area (Å²) in [4.78, 5) is 37.7. The van der Waals surface area contributed by atoms with E-state index in [1.807, 2.05) is 4.98 Å². The van der Waals surface area contributed by atoms with Crippen LogP contribution in [0.4, 0.5) is 4.39 Å². The lowest BCUT2D eigenvalue weighted by Crippen LogP contribution is -2.56. The van der Waals surface area contributed by atoms with E-state index in [1.54, 1.807) is 13.8 Å². The average Bonchev–Trinajstić information content (AvgIpc) is 3.02. The van der Waals surface area contributed by atoms with E-state index in [9.17, 15) is 28.4 Å². The molecule has 3 N–H and O–H groups in total. The molecule has 1 aliphatic heterocycles. The number of carbonyl (C=O) groups is 1. The quantitative estimate of drug-likeness (QED) is 0.224. The molecule has 15 heteroatoms. The smallest absolute Gasteiger partial charge is 0.330 e. The lowest BCUT2D eigenvalue weighted by atomic mass is 10.1. The van der Waals surface area contributed by atoms with Crippen molar-refractivity contribution in [1.29, 1.82) is 0 Å². The summed E-state index contributed by atoms with van der Waals surface area (Å²) in [5, 5.41) is 10.4. The van der Waals surface area contributed by atoms with Gasteiger partial charge in [-0.1, -0.05) is 17.7 Å². The van der Waals surface area contributed by atoms with Crippen LogP contribution in [0.5, 0.6) is 11.5 Å². The standard InChI is InChI=1S/C21H26ClFN3O9P/c1-12(2)34-17(28)13(3)25-36(31)35-15-6-4-5-14(9-15)32-11-21(18(29)20(22,23)10-33-21)26-8-7-16(27)24-19(26)30/h4-9,12-13,18,29,36H,10-11H2,1-3H3,(H,25,31)(H,24,27,30)/t13-,18?,20?,21?/m0/s1. The summed E-state index contributed by atoms with van der Waals surface area (Å²) in [6.45, 7) is 3.47. The summed E-state index contributed by atoms with van der Waals surface area (Å²) in [7, 11) is -2.92. The van der Waals surface area contributed by atoms with E-state index in [2.05, 4.69) is 5.09 Å². The Hall–Kier alpha value is -2.70. The first-order valence-electron chi connectivity index (χ1n) is 10.8. The molecule has 2 heterocycles. The van der Waals surface area contributed by atoms with Gasteiger partial charge in [-0.25, -0.2) is 14.3 Å². The van der Waals surface area contributed by atoms with Crippen molar-refractivity contribution < 1.29 is 37.6 Å². The van der Waals surface area contributed by atoms with Crippen LogP contribution in [-0.4, -0.2) is 57.2 Å². The number of aromatic amines is 1. The maximum absolute atomic E-state index is 14.6. The highest BCUT2D eigenvalue weighted by Gasteiger charge is 2.61. The summed E-state index contributed by atoms with van der Waals surface area (Å²) in [5.74, 6) is -0.369. The second-order valence-corrected chi connectivity index (χ2v) is 9.98. The molecular formula is C21H26ClFN3O9P. The Morgan fingerprint density at radius 3 is 2.67 bits per heavy atom. The van der Waals surface area contributed by atoms with Crippen molar-refractivity contribution in [1.82, 2.24) is 14.6 Å². The molecule has 0 aliphatic carbocycles. The molecular weight excluding hydrogens is 524 g/mol. The van der Waals surface area contributed by atoms with Gasteiger partial charge < -0.3 is 23.8 Å². The van der Waals surface area contributed by atoms with E-state index in [-0.39, 0.29) is 17.6 Å². The highest BCUT2D eigenvalue weighted by Crippen LogP contribution is 2.42. The molecule has 0 bridgehead atoms. The summed E-state index contributed by atoms with van der Waals surface area (Å²) in [6.07, 6.45) is -1.37. The number of rotatable bonds is 10. The van der Waals surface area contributed by atoms with Gasteiger partial charge in [-0.05, 0) is 32.9 Å². The lowest BCUT2D eigenvalue weighted by Gasteiger charge is -2.33. The summed E-state index contributed by atoms with van der Waals surface area (Å²) < 4.78 is 49.2.